The van der Waals surface area contributed by atoms with Crippen molar-refractivity contribution in [2.45, 2.75) is 28.7 Å². The number of carbonyl (C=O) groups excluding carboxylic acids is 2. The summed E-state index contributed by atoms with van der Waals surface area (Å²) in [4.78, 5) is 62.6. The average molecular weight is 913 g/mol. The molecule has 0 spiro atoms. The fourth-order valence-electron chi connectivity index (χ4n) is 6.89. The summed E-state index contributed by atoms with van der Waals surface area (Å²) >= 11 is 6.16. The molecule has 3 N–H and O–H groups in total. The zero-order valence-corrected chi connectivity index (χ0v) is 35.6. The van der Waals surface area contributed by atoms with Gasteiger partial charge in [-0.1, -0.05) is 109 Å². The topological polar surface area (TPSA) is 279 Å². The first-order valence-electron chi connectivity index (χ1n) is 18.7. The fraction of sp³-hybridized carbons (Fsp3) is 0.0976. The summed E-state index contributed by atoms with van der Waals surface area (Å²) in [6, 6.07) is 31.6. The van der Waals surface area contributed by atoms with Crippen molar-refractivity contribution in [3.8, 4) is 22.8 Å². The second-order valence-corrected chi connectivity index (χ2v) is 17.6. The number of imidazole rings is 2. The van der Waals surface area contributed by atoms with Crippen molar-refractivity contribution >= 4 is 77.6 Å². The standard InChI is InChI=1S/C23H20N6O5S.C18H11ClN4O4S.Li/c24-18(30)16-12-7-13-28(16)20-17-21(27-19(26-20)14-8-3-1-4-9-14)29(22(25-17)23(31)32)35(33,34)15-10-5-2-6-11-15;19-14-13-16(22-15(21-14)11-7-3-1-4-8-11)23(17(20-13)18(24)25)28(26,27)12-9-5-2-6-10-12;/h1-6,8-11,16H,7,12-13H2,(H2,24,30)(H,31,32);1-10H,(H,24,25);/q;;+1/p-1/t16-;;/m0../s1. The van der Waals surface area contributed by atoms with Gasteiger partial charge in [-0.25, -0.2) is 51.5 Å². The van der Waals surface area contributed by atoms with Gasteiger partial charge >= 0.3 is 24.8 Å². The Balaban J connectivity index is 0.000000193. The number of carbonyl (C=O) groups is 3. The van der Waals surface area contributed by atoms with Crippen molar-refractivity contribution < 1.29 is 60.3 Å². The molecule has 318 valence electrons. The first-order chi connectivity index (χ1) is 30.2. The Labute approximate surface area is 380 Å². The van der Waals surface area contributed by atoms with Crippen LogP contribution in [-0.4, -0.2) is 90.2 Å². The minimum atomic E-state index is -4.39. The summed E-state index contributed by atoms with van der Waals surface area (Å²) in [6.45, 7) is 0.411. The van der Waals surface area contributed by atoms with Crippen LogP contribution in [0, 0.1) is 0 Å². The largest absolute Gasteiger partial charge is 1.00 e. The maximum atomic E-state index is 13.6. The molecule has 4 aromatic carbocycles. The smallest absolute Gasteiger partial charge is 0.542 e. The number of aromatic carboxylic acids is 2. The van der Waals surface area contributed by atoms with Gasteiger partial charge in [0.05, 0.1) is 9.79 Å². The maximum Gasteiger partial charge on any atom is 1.00 e. The number of halogens is 1. The molecule has 19 nitrogen and oxygen atoms in total. The van der Waals surface area contributed by atoms with Gasteiger partial charge in [-0.2, -0.15) is 7.94 Å². The van der Waals surface area contributed by atoms with Gasteiger partial charge in [-0.3, -0.25) is 4.79 Å². The molecule has 1 atom stereocenters. The van der Waals surface area contributed by atoms with Crippen LogP contribution in [0.3, 0.4) is 0 Å². The predicted molar refractivity (Wildman–Crippen MR) is 225 cm³/mol. The van der Waals surface area contributed by atoms with Gasteiger partial charge in [-0.05, 0) is 37.1 Å². The Morgan fingerprint density at radius 1 is 0.641 bits per heavy atom. The number of hydrogen-bond donors (Lipinski definition) is 2. The van der Waals surface area contributed by atoms with Crippen LogP contribution < -0.4 is 34.6 Å². The van der Waals surface area contributed by atoms with E-state index in [2.05, 4.69) is 29.9 Å². The molecule has 1 fully saturated rings. The van der Waals surface area contributed by atoms with Gasteiger partial charge in [-0.15, -0.1) is 0 Å². The van der Waals surface area contributed by atoms with Gasteiger partial charge in [0.1, 0.15) is 17.5 Å². The molecule has 1 aliphatic heterocycles. The van der Waals surface area contributed by atoms with Gasteiger partial charge in [0, 0.05) is 17.7 Å². The number of benzene rings is 4. The van der Waals surface area contributed by atoms with E-state index in [4.69, 9.17) is 17.3 Å². The number of rotatable bonds is 10. The molecule has 9 rings (SSSR count). The molecule has 0 bridgehead atoms. The van der Waals surface area contributed by atoms with Crippen molar-refractivity contribution in [1.82, 2.24) is 37.8 Å². The second-order valence-electron chi connectivity index (χ2n) is 13.7. The number of fused-ring (bicyclic) bond motifs is 2. The third kappa shape index (κ3) is 8.29. The van der Waals surface area contributed by atoms with Crippen molar-refractivity contribution in [2.24, 2.45) is 5.73 Å². The molecule has 1 amide bonds. The minimum Gasteiger partial charge on any atom is -0.542 e. The van der Waals surface area contributed by atoms with E-state index >= 15 is 0 Å². The monoisotopic (exact) mass is 912 g/mol. The van der Waals surface area contributed by atoms with Gasteiger partial charge in [0.25, 0.3) is 20.0 Å². The molecule has 5 heterocycles. The van der Waals surface area contributed by atoms with Crippen LogP contribution in [0.25, 0.3) is 45.1 Å². The molecule has 0 aliphatic carbocycles. The van der Waals surface area contributed by atoms with Crippen LogP contribution in [-0.2, 0) is 24.8 Å². The quantitative estimate of drug-likeness (QED) is 0.141. The predicted octanol–water partition coefficient (Wildman–Crippen LogP) is 0.634. The number of amides is 1. The molecular formula is C41H30ClLiN10O9S2. The Bertz CT molecular complexity index is 3310. The van der Waals surface area contributed by atoms with Crippen LogP contribution in [0.4, 0.5) is 5.82 Å². The van der Waals surface area contributed by atoms with E-state index < -0.39 is 55.6 Å². The zero-order valence-electron chi connectivity index (χ0n) is 33.3. The summed E-state index contributed by atoms with van der Waals surface area (Å²) in [7, 11) is -8.72. The van der Waals surface area contributed by atoms with Crippen LogP contribution in [0.1, 0.15) is 34.1 Å². The third-order valence-corrected chi connectivity index (χ3v) is 13.4. The van der Waals surface area contributed by atoms with E-state index in [-0.39, 0.29) is 73.6 Å². The number of carboxylic acid groups (broad SMARTS) is 2. The van der Waals surface area contributed by atoms with E-state index in [1.807, 2.05) is 0 Å². The SMILES string of the molecule is NC(=O)[C@@H]1CCCN1c1nc(-c2ccccc2)nc2c1nc(C(=O)O)n2S(=O)(=O)c1ccccc1.O=C([O-])c1nc2c(Cl)nc(-c3ccccc3)nc2n1S(=O)(=O)c1ccccc1.[Li+]. The van der Waals surface area contributed by atoms with Crippen LogP contribution in [0.2, 0.25) is 5.15 Å². The minimum absolute atomic E-state index is 0. The molecular weight excluding hydrogens is 883 g/mol. The van der Waals surface area contributed by atoms with E-state index in [0.717, 1.165) is 0 Å². The van der Waals surface area contributed by atoms with Gasteiger partial charge in [0.2, 0.25) is 11.7 Å². The molecule has 1 saturated heterocycles. The molecule has 1 aliphatic rings. The van der Waals surface area contributed by atoms with Crippen LogP contribution >= 0.6 is 11.6 Å². The summed E-state index contributed by atoms with van der Waals surface area (Å²) in [5, 5.41) is 21.3. The second kappa shape index (κ2) is 18.0. The van der Waals surface area contributed by atoms with Gasteiger partial charge in [0.15, 0.2) is 45.3 Å². The Morgan fingerprint density at radius 3 is 1.55 bits per heavy atom. The van der Waals surface area contributed by atoms with Crippen molar-refractivity contribution in [3.05, 3.63) is 138 Å². The molecule has 64 heavy (non-hydrogen) atoms. The summed E-state index contributed by atoms with van der Waals surface area (Å²) in [5.74, 6) is -5.03. The van der Waals surface area contributed by atoms with Crippen molar-refractivity contribution in [1.29, 1.82) is 0 Å². The zero-order chi connectivity index (χ0) is 44.6. The maximum absolute atomic E-state index is 13.6. The normalized spacial score (nSPS) is 13.8. The number of nitrogens with zero attached hydrogens (tertiary/aromatic N) is 9. The summed E-state index contributed by atoms with van der Waals surface area (Å²) in [6.07, 6.45) is 1.13. The molecule has 8 aromatic rings. The Hall–Kier alpha value is -7.02. The van der Waals surface area contributed by atoms with Crippen molar-refractivity contribution in [2.75, 3.05) is 11.4 Å². The number of aromatic nitrogens is 8. The molecule has 0 saturated carbocycles. The average Bonchev–Trinajstić information content (AvgIpc) is 4.05. The molecule has 23 heteroatoms. The molecule has 0 radical (unpaired) electrons. The van der Waals surface area contributed by atoms with E-state index in [0.29, 0.717) is 38.5 Å². The first kappa shape index (κ1) is 45.0. The molecule has 0 unspecified atom stereocenters. The van der Waals surface area contributed by atoms with Crippen molar-refractivity contribution in [3.63, 3.8) is 0 Å². The molecule has 4 aromatic heterocycles. The summed E-state index contributed by atoms with van der Waals surface area (Å²) < 4.78 is 54.6. The van der Waals surface area contributed by atoms with Crippen LogP contribution in [0.5, 0.6) is 0 Å². The summed E-state index contributed by atoms with van der Waals surface area (Å²) in [5.41, 5.74) is 6.11. The van der Waals surface area contributed by atoms with Crippen LogP contribution in [0.15, 0.2) is 131 Å². The van der Waals surface area contributed by atoms with Gasteiger partial charge < -0.3 is 25.6 Å². The first-order valence-corrected chi connectivity index (χ1v) is 21.9. The van der Waals surface area contributed by atoms with E-state index in [9.17, 15) is 41.4 Å². The van der Waals surface area contributed by atoms with E-state index in [1.54, 1.807) is 77.7 Å². The van der Waals surface area contributed by atoms with E-state index in [1.165, 1.54) is 48.5 Å². The fourth-order valence-corrected chi connectivity index (χ4v) is 9.92. The Morgan fingerprint density at radius 2 is 1.08 bits per heavy atom. The number of carboxylic acids is 2. The number of nitrogens with two attached hydrogens (primary N) is 1. The third-order valence-electron chi connectivity index (χ3n) is 9.73. The number of hydrogen-bond acceptors (Lipinski definition) is 15. The number of primary amides is 1. The Kier molecular flexibility index (Phi) is 12.7. The number of anilines is 1.